The fourth-order valence-corrected chi connectivity index (χ4v) is 1.88. The second-order valence-corrected chi connectivity index (χ2v) is 4.39. The Balaban J connectivity index is 2.51. The SMILES string of the molecule is CCCc1cc(-c2ccc(F)c(C)c2)nc(C#N)n1. The Labute approximate surface area is 111 Å². The summed E-state index contributed by atoms with van der Waals surface area (Å²) in [6.07, 6.45) is 1.74. The van der Waals surface area contributed by atoms with Crippen molar-refractivity contribution in [2.45, 2.75) is 26.7 Å². The van der Waals surface area contributed by atoms with Crippen LogP contribution in [0.5, 0.6) is 0 Å². The topological polar surface area (TPSA) is 49.6 Å². The molecule has 0 saturated heterocycles. The molecule has 0 atom stereocenters. The van der Waals surface area contributed by atoms with Gasteiger partial charge < -0.3 is 0 Å². The van der Waals surface area contributed by atoms with Gasteiger partial charge in [-0.1, -0.05) is 13.3 Å². The highest BCUT2D eigenvalue weighted by Crippen LogP contribution is 2.21. The van der Waals surface area contributed by atoms with Crippen LogP contribution in [0.1, 0.15) is 30.4 Å². The van der Waals surface area contributed by atoms with Crippen molar-refractivity contribution in [2.75, 3.05) is 0 Å². The zero-order valence-electron chi connectivity index (χ0n) is 10.9. The maximum atomic E-state index is 13.3. The summed E-state index contributed by atoms with van der Waals surface area (Å²) in [6.45, 7) is 3.76. The predicted molar refractivity (Wildman–Crippen MR) is 70.9 cm³/mol. The average molecular weight is 255 g/mol. The first kappa shape index (κ1) is 13.2. The van der Waals surface area contributed by atoms with E-state index < -0.39 is 0 Å². The first-order valence-corrected chi connectivity index (χ1v) is 6.18. The number of halogens is 1. The molecule has 96 valence electrons. The second-order valence-electron chi connectivity index (χ2n) is 4.39. The van der Waals surface area contributed by atoms with Crippen molar-refractivity contribution in [3.05, 3.63) is 47.2 Å². The largest absolute Gasteiger partial charge is 0.232 e. The summed E-state index contributed by atoms with van der Waals surface area (Å²) in [6, 6.07) is 8.64. The van der Waals surface area contributed by atoms with Crippen molar-refractivity contribution in [1.82, 2.24) is 9.97 Å². The van der Waals surface area contributed by atoms with Gasteiger partial charge in [0.15, 0.2) is 0 Å². The van der Waals surface area contributed by atoms with Gasteiger partial charge in [-0.2, -0.15) is 5.26 Å². The van der Waals surface area contributed by atoms with Crippen LogP contribution < -0.4 is 0 Å². The summed E-state index contributed by atoms with van der Waals surface area (Å²) in [4.78, 5) is 8.34. The molecule has 0 N–H and O–H groups in total. The lowest BCUT2D eigenvalue weighted by Crippen LogP contribution is -1.98. The van der Waals surface area contributed by atoms with Gasteiger partial charge in [-0.15, -0.1) is 0 Å². The third kappa shape index (κ3) is 2.94. The average Bonchev–Trinajstić information content (AvgIpc) is 2.42. The lowest BCUT2D eigenvalue weighted by atomic mass is 10.1. The van der Waals surface area contributed by atoms with E-state index in [1.807, 2.05) is 12.1 Å². The minimum Gasteiger partial charge on any atom is -0.224 e. The number of aromatic nitrogens is 2. The van der Waals surface area contributed by atoms with Gasteiger partial charge in [0, 0.05) is 11.3 Å². The molecule has 0 aliphatic heterocycles. The minimum atomic E-state index is -0.243. The Bertz CT molecular complexity index is 644. The van der Waals surface area contributed by atoms with Gasteiger partial charge in [0.05, 0.1) is 5.69 Å². The van der Waals surface area contributed by atoms with Crippen molar-refractivity contribution in [1.29, 1.82) is 5.26 Å². The Morgan fingerprint density at radius 1 is 1.26 bits per heavy atom. The zero-order chi connectivity index (χ0) is 13.8. The van der Waals surface area contributed by atoms with Gasteiger partial charge in [-0.3, -0.25) is 0 Å². The number of benzene rings is 1. The van der Waals surface area contributed by atoms with Crippen molar-refractivity contribution in [3.63, 3.8) is 0 Å². The normalized spacial score (nSPS) is 10.2. The van der Waals surface area contributed by atoms with Crippen molar-refractivity contribution < 1.29 is 4.39 Å². The molecule has 0 fully saturated rings. The highest BCUT2D eigenvalue weighted by molar-refractivity contribution is 5.60. The van der Waals surface area contributed by atoms with Crippen molar-refractivity contribution >= 4 is 0 Å². The second kappa shape index (κ2) is 5.57. The predicted octanol–water partition coefficient (Wildman–Crippen LogP) is 3.42. The van der Waals surface area contributed by atoms with E-state index in [0.29, 0.717) is 11.3 Å². The van der Waals surface area contributed by atoms with Gasteiger partial charge >= 0.3 is 0 Å². The number of nitriles is 1. The molecular weight excluding hydrogens is 241 g/mol. The standard InChI is InChI=1S/C15H14FN3/c1-3-4-12-8-14(19-15(9-17)18-12)11-5-6-13(16)10(2)7-11/h5-8H,3-4H2,1-2H3. The van der Waals surface area contributed by atoms with E-state index in [0.717, 1.165) is 24.1 Å². The molecule has 3 nitrogen and oxygen atoms in total. The fraction of sp³-hybridized carbons (Fsp3) is 0.267. The highest BCUT2D eigenvalue weighted by atomic mass is 19.1. The van der Waals surface area contributed by atoms with Crippen LogP contribution in [-0.4, -0.2) is 9.97 Å². The van der Waals surface area contributed by atoms with Crippen LogP contribution in [0.4, 0.5) is 4.39 Å². The van der Waals surface area contributed by atoms with Crippen LogP contribution in [0.25, 0.3) is 11.3 Å². The van der Waals surface area contributed by atoms with E-state index in [9.17, 15) is 4.39 Å². The van der Waals surface area contributed by atoms with Gasteiger partial charge in [-0.25, -0.2) is 14.4 Å². The maximum Gasteiger partial charge on any atom is 0.232 e. The molecule has 0 unspecified atom stereocenters. The molecule has 0 spiro atoms. The lowest BCUT2D eigenvalue weighted by Gasteiger charge is -2.06. The quantitative estimate of drug-likeness (QED) is 0.844. The number of nitrogens with zero attached hydrogens (tertiary/aromatic N) is 3. The molecule has 1 heterocycles. The molecule has 1 aromatic heterocycles. The summed E-state index contributed by atoms with van der Waals surface area (Å²) in [5, 5.41) is 8.97. The number of aryl methyl sites for hydroxylation is 2. The van der Waals surface area contributed by atoms with E-state index in [2.05, 4.69) is 16.9 Å². The third-order valence-corrected chi connectivity index (χ3v) is 2.84. The molecule has 0 saturated carbocycles. The Morgan fingerprint density at radius 2 is 2.05 bits per heavy atom. The molecule has 19 heavy (non-hydrogen) atoms. The monoisotopic (exact) mass is 255 g/mol. The van der Waals surface area contributed by atoms with E-state index in [1.165, 1.54) is 6.07 Å². The van der Waals surface area contributed by atoms with E-state index in [-0.39, 0.29) is 11.6 Å². The number of hydrogen-bond acceptors (Lipinski definition) is 3. The van der Waals surface area contributed by atoms with Crippen LogP contribution in [-0.2, 0) is 6.42 Å². The van der Waals surface area contributed by atoms with Crippen LogP contribution in [0, 0.1) is 24.1 Å². The smallest absolute Gasteiger partial charge is 0.224 e. The molecule has 2 rings (SSSR count). The Morgan fingerprint density at radius 3 is 2.68 bits per heavy atom. The van der Waals surface area contributed by atoms with Gasteiger partial charge in [0.2, 0.25) is 5.82 Å². The first-order chi connectivity index (χ1) is 9.13. The Kier molecular flexibility index (Phi) is 3.86. The molecule has 0 aliphatic rings. The molecule has 4 heteroatoms. The van der Waals surface area contributed by atoms with Crippen LogP contribution >= 0.6 is 0 Å². The summed E-state index contributed by atoms with van der Waals surface area (Å²) in [5.41, 5.74) is 2.87. The summed E-state index contributed by atoms with van der Waals surface area (Å²) in [7, 11) is 0. The molecule has 0 radical (unpaired) electrons. The van der Waals surface area contributed by atoms with Gasteiger partial charge in [-0.05, 0) is 43.2 Å². The maximum absolute atomic E-state index is 13.3. The van der Waals surface area contributed by atoms with Crippen LogP contribution in [0.15, 0.2) is 24.3 Å². The third-order valence-electron chi connectivity index (χ3n) is 2.84. The minimum absolute atomic E-state index is 0.155. The van der Waals surface area contributed by atoms with E-state index in [4.69, 9.17) is 5.26 Å². The summed E-state index contributed by atoms with van der Waals surface area (Å²) in [5.74, 6) is -0.0879. The van der Waals surface area contributed by atoms with Crippen LogP contribution in [0.3, 0.4) is 0 Å². The molecule has 0 amide bonds. The molecular formula is C15H14FN3. The molecule has 0 aliphatic carbocycles. The van der Waals surface area contributed by atoms with Crippen molar-refractivity contribution in [2.24, 2.45) is 0 Å². The zero-order valence-corrected chi connectivity index (χ0v) is 10.9. The summed E-state index contributed by atoms with van der Waals surface area (Å²) < 4.78 is 13.3. The molecule has 1 aromatic carbocycles. The molecule has 2 aromatic rings. The lowest BCUT2D eigenvalue weighted by molar-refractivity contribution is 0.619. The number of hydrogen-bond donors (Lipinski definition) is 0. The summed E-state index contributed by atoms with van der Waals surface area (Å²) >= 11 is 0. The van der Waals surface area contributed by atoms with Crippen molar-refractivity contribution in [3.8, 4) is 17.3 Å². The Hall–Kier alpha value is -2.28. The highest BCUT2D eigenvalue weighted by Gasteiger charge is 2.07. The van der Waals surface area contributed by atoms with Crippen LogP contribution in [0.2, 0.25) is 0 Å². The first-order valence-electron chi connectivity index (χ1n) is 6.18. The number of rotatable bonds is 3. The van der Waals surface area contributed by atoms with Gasteiger partial charge in [0.25, 0.3) is 0 Å². The van der Waals surface area contributed by atoms with E-state index in [1.54, 1.807) is 19.1 Å². The van der Waals surface area contributed by atoms with E-state index >= 15 is 0 Å². The fourth-order valence-electron chi connectivity index (χ4n) is 1.88. The van der Waals surface area contributed by atoms with Gasteiger partial charge in [0.1, 0.15) is 11.9 Å². The molecule has 0 bridgehead atoms.